The summed E-state index contributed by atoms with van der Waals surface area (Å²) in [6.07, 6.45) is 5.58. The van der Waals surface area contributed by atoms with E-state index >= 15 is 0 Å². The summed E-state index contributed by atoms with van der Waals surface area (Å²) in [5.41, 5.74) is 2.54. The fourth-order valence-electron chi connectivity index (χ4n) is 3.39. The van der Waals surface area contributed by atoms with Crippen LogP contribution in [0, 0.1) is 0 Å². The number of amides is 3. The standard InChI is InChI=1S/C23H29N3O3/c1-29-21-13-6-18(7-14-21)8-15-22(27)24-19-9-11-20(12-10-19)25-23(28)26-16-4-2-3-5-17-26/h6-7,9-14H,2-5,8,15-17H2,1H3,(H,24,27)(H,25,28). The van der Waals surface area contributed by atoms with Crippen molar-refractivity contribution in [3.8, 4) is 5.75 Å². The Morgan fingerprint density at radius 3 is 2.03 bits per heavy atom. The summed E-state index contributed by atoms with van der Waals surface area (Å²) in [6, 6.07) is 14.9. The van der Waals surface area contributed by atoms with Crippen molar-refractivity contribution in [2.45, 2.75) is 38.5 Å². The topological polar surface area (TPSA) is 70.7 Å². The van der Waals surface area contributed by atoms with Crippen LogP contribution in [-0.2, 0) is 11.2 Å². The van der Waals surface area contributed by atoms with Gasteiger partial charge in [0.2, 0.25) is 5.91 Å². The van der Waals surface area contributed by atoms with E-state index in [1.807, 2.05) is 53.4 Å². The van der Waals surface area contributed by atoms with Crippen molar-refractivity contribution in [2.75, 3.05) is 30.8 Å². The van der Waals surface area contributed by atoms with Crippen LogP contribution in [0.5, 0.6) is 5.75 Å². The van der Waals surface area contributed by atoms with Gasteiger partial charge in [0.15, 0.2) is 0 Å². The van der Waals surface area contributed by atoms with Gasteiger partial charge in [-0.1, -0.05) is 25.0 Å². The van der Waals surface area contributed by atoms with E-state index in [4.69, 9.17) is 4.74 Å². The summed E-state index contributed by atoms with van der Waals surface area (Å²) in [6.45, 7) is 1.63. The first-order chi connectivity index (χ1) is 14.1. The lowest BCUT2D eigenvalue weighted by molar-refractivity contribution is -0.116. The molecule has 3 amide bonds. The number of likely N-dealkylation sites (tertiary alicyclic amines) is 1. The Balaban J connectivity index is 1.45. The Labute approximate surface area is 172 Å². The summed E-state index contributed by atoms with van der Waals surface area (Å²) in [5, 5.41) is 5.84. The van der Waals surface area contributed by atoms with E-state index in [1.54, 1.807) is 7.11 Å². The average molecular weight is 396 g/mol. The molecule has 3 rings (SSSR count). The molecule has 1 saturated heterocycles. The fourth-order valence-corrected chi connectivity index (χ4v) is 3.39. The van der Waals surface area contributed by atoms with Gasteiger partial charge in [0.25, 0.3) is 0 Å². The van der Waals surface area contributed by atoms with Crippen molar-refractivity contribution in [3.63, 3.8) is 0 Å². The third kappa shape index (κ3) is 6.52. The number of hydrogen-bond acceptors (Lipinski definition) is 3. The molecule has 2 aromatic carbocycles. The summed E-state index contributed by atoms with van der Waals surface area (Å²) in [7, 11) is 1.63. The van der Waals surface area contributed by atoms with Gasteiger partial charge in [0.1, 0.15) is 5.75 Å². The number of benzene rings is 2. The number of carbonyl (C=O) groups excluding carboxylic acids is 2. The minimum atomic E-state index is -0.0526. The van der Waals surface area contributed by atoms with Crippen LogP contribution >= 0.6 is 0 Å². The molecule has 154 valence electrons. The van der Waals surface area contributed by atoms with E-state index in [9.17, 15) is 9.59 Å². The third-order valence-electron chi connectivity index (χ3n) is 5.11. The molecule has 0 unspecified atom stereocenters. The largest absolute Gasteiger partial charge is 0.497 e. The number of methoxy groups -OCH3 is 1. The first-order valence-corrected chi connectivity index (χ1v) is 10.2. The molecule has 0 bridgehead atoms. The number of urea groups is 1. The monoisotopic (exact) mass is 395 g/mol. The van der Waals surface area contributed by atoms with Gasteiger partial charge in [-0.25, -0.2) is 4.79 Å². The van der Waals surface area contributed by atoms with Crippen LogP contribution in [0.15, 0.2) is 48.5 Å². The van der Waals surface area contributed by atoms with E-state index < -0.39 is 0 Å². The SMILES string of the molecule is COc1ccc(CCC(=O)Nc2ccc(NC(=O)N3CCCCCC3)cc2)cc1. The zero-order valence-electron chi connectivity index (χ0n) is 16.9. The Morgan fingerprint density at radius 2 is 1.45 bits per heavy atom. The van der Waals surface area contributed by atoms with Crippen LogP contribution in [-0.4, -0.2) is 37.0 Å². The van der Waals surface area contributed by atoms with E-state index in [0.717, 1.165) is 48.6 Å². The molecule has 0 aromatic heterocycles. The summed E-state index contributed by atoms with van der Waals surface area (Å²) < 4.78 is 5.14. The zero-order chi connectivity index (χ0) is 20.5. The number of rotatable bonds is 6. The average Bonchev–Trinajstić information content (AvgIpc) is 3.04. The smallest absolute Gasteiger partial charge is 0.321 e. The highest BCUT2D eigenvalue weighted by molar-refractivity contribution is 5.92. The van der Waals surface area contributed by atoms with Crippen molar-refractivity contribution < 1.29 is 14.3 Å². The molecule has 0 aliphatic carbocycles. The molecule has 0 radical (unpaired) electrons. The van der Waals surface area contributed by atoms with E-state index in [-0.39, 0.29) is 11.9 Å². The van der Waals surface area contributed by atoms with Gasteiger partial charge in [0.05, 0.1) is 7.11 Å². The maximum absolute atomic E-state index is 12.4. The van der Waals surface area contributed by atoms with Gasteiger partial charge in [-0.15, -0.1) is 0 Å². The molecular formula is C23H29N3O3. The number of nitrogens with zero attached hydrogens (tertiary/aromatic N) is 1. The molecule has 0 saturated carbocycles. The number of ether oxygens (including phenoxy) is 1. The zero-order valence-corrected chi connectivity index (χ0v) is 16.9. The number of hydrogen-bond donors (Lipinski definition) is 2. The predicted molar refractivity (Wildman–Crippen MR) is 115 cm³/mol. The minimum absolute atomic E-state index is 0.0397. The number of anilines is 2. The van der Waals surface area contributed by atoms with Gasteiger partial charge in [-0.2, -0.15) is 0 Å². The number of nitrogens with one attached hydrogen (secondary N) is 2. The normalized spacial score (nSPS) is 14.0. The van der Waals surface area contributed by atoms with Crippen molar-refractivity contribution in [3.05, 3.63) is 54.1 Å². The lowest BCUT2D eigenvalue weighted by atomic mass is 10.1. The molecule has 0 spiro atoms. The van der Waals surface area contributed by atoms with Crippen molar-refractivity contribution >= 4 is 23.3 Å². The Bertz CT molecular complexity index is 795. The highest BCUT2D eigenvalue weighted by Gasteiger charge is 2.15. The predicted octanol–water partition coefficient (Wildman–Crippen LogP) is 4.67. The highest BCUT2D eigenvalue weighted by Crippen LogP contribution is 2.17. The molecule has 2 N–H and O–H groups in total. The summed E-state index contributed by atoms with van der Waals surface area (Å²) in [5.74, 6) is 0.767. The van der Waals surface area contributed by atoms with E-state index in [0.29, 0.717) is 12.8 Å². The van der Waals surface area contributed by atoms with Crippen LogP contribution < -0.4 is 15.4 Å². The number of carbonyl (C=O) groups is 2. The van der Waals surface area contributed by atoms with Gasteiger partial charge in [-0.3, -0.25) is 4.79 Å². The molecule has 6 heteroatoms. The quantitative estimate of drug-likeness (QED) is 0.746. The van der Waals surface area contributed by atoms with E-state index in [1.165, 1.54) is 12.8 Å². The van der Waals surface area contributed by atoms with Crippen molar-refractivity contribution in [2.24, 2.45) is 0 Å². The lowest BCUT2D eigenvalue weighted by Crippen LogP contribution is -2.35. The molecule has 2 aromatic rings. The Hall–Kier alpha value is -3.02. The molecule has 0 atom stereocenters. The first kappa shape index (κ1) is 20.7. The van der Waals surface area contributed by atoms with Gasteiger partial charge in [-0.05, 0) is 61.2 Å². The molecule has 1 heterocycles. The molecule has 1 fully saturated rings. The van der Waals surface area contributed by atoms with Crippen LogP contribution in [0.1, 0.15) is 37.7 Å². The van der Waals surface area contributed by atoms with Crippen LogP contribution in [0.25, 0.3) is 0 Å². The van der Waals surface area contributed by atoms with Gasteiger partial charge < -0.3 is 20.3 Å². The van der Waals surface area contributed by atoms with Crippen molar-refractivity contribution in [1.82, 2.24) is 4.90 Å². The maximum Gasteiger partial charge on any atom is 0.321 e. The van der Waals surface area contributed by atoms with E-state index in [2.05, 4.69) is 10.6 Å². The molecular weight excluding hydrogens is 366 g/mol. The van der Waals surface area contributed by atoms with Gasteiger partial charge >= 0.3 is 6.03 Å². The van der Waals surface area contributed by atoms with Crippen molar-refractivity contribution in [1.29, 1.82) is 0 Å². The third-order valence-corrected chi connectivity index (χ3v) is 5.11. The van der Waals surface area contributed by atoms with Crippen LogP contribution in [0.3, 0.4) is 0 Å². The molecule has 1 aliphatic heterocycles. The molecule has 6 nitrogen and oxygen atoms in total. The minimum Gasteiger partial charge on any atom is -0.497 e. The summed E-state index contributed by atoms with van der Waals surface area (Å²) in [4.78, 5) is 26.5. The first-order valence-electron chi connectivity index (χ1n) is 10.2. The Kier molecular flexibility index (Phi) is 7.50. The van der Waals surface area contributed by atoms with Crippen LogP contribution in [0.4, 0.5) is 16.2 Å². The molecule has 29 heavy (non-hydrogen) atoms. The Morgan fingerprint density at radius 1 is 0.862 bits per heavy atom. The van der Waals surface area contributed by atoms with Gasteiger partial charge in [0, 0.05) is 30.9 Å². The fraction of sp³-hybridized carbons (Fsp3) is 0.391. The second-order valence-corrected chi connectivity index (χ2v) is 7.31. The lowest BCUT2D eigenvalue weighted by Gasteiger charge is -2.20. The van der Waals surface area contributed by atoms with Crippen LogP contribution in [0.2, 0.25) is 0 Å². The maximum atomic E-state index is 12.4. The highest BCUT2D eigenvalue weighted by atomic mass is 16.5. The second-order valence-electron chi connectivity index (χ2n) is 7.31. The number of aryl methyl sites for hydroxylation is 1. The summed E-state index contributed by atoms with van der Waals surface area (Å²) >= 11 is 0. The second kappa shape index (κ2) is 10.5. The molecule has 1 aliphatic rings.